The topological polar surface area (TPSA) is 55.8 Å². The molecule has 2 aromatic rings. The highest BCUT2D eigenvalue weighted by Crippen LogP contribution is 2.29. The second-order valence-electron chi connectivity index (χ2n) is 6.71. The zero-order valence-electron chi connectivity index (χ0n) is 17.8. The molecule has 2 aromatic carbocycles. The Morgan fingerprint density at radius 1 is 1.07 bits per heavy atom. The summed E-state index contributed by atoms with van der Waals surface area (Å²) in [6, 6.07) is 15.1. The Labute approximate surface area is 172 Å². The summed E-state index contributed by atoms with van der Waals surface area (Å²) < 4.78 is 11.0. The molecule has 0 fully saturated rings. The van der Waals surface area contributed by atoms with Crippen molar-refractivity contribution in [3.05, 3.63) is 71.3 Å². The second kappa shape index (κ2) is 10.5. The van der Waals surface area contributed by atoms with E-state index in [9.17, 15) is 9.59 Å². The van der Waals surface area contributed by atoms with Gasteiger partial charge < -0.3 is 14.4 Å². The average Bonchev–Trinajstić information content (AvgIpc) is 2.74. The highest BCUT2D eigenvalue weighted by atomic mass is 16.5. The van der Waals surface area contributed by atoms with Crippen LogP contribution in [-0.4, -0.2) is 37.0 Å². The second-order valence-corrected chi connectivity index (χ2v) is 6.71. The number of nitrogens with zero attached hydrogens (tertiary/aromatic N) is 1. The third kappa shape index (κ3) is 5.70. The maximum atomic E-state index is 12.4. The van der Waals surface area contributed by atoms with E-state index in [1.54, 1.807) is 23.1 Å². The SMILES string of the molecule is CCN(CC)C(=O)C=C(C)c1ccc(OC(C)c2ccccc2)c(C(=O)OC)c1. The number of hydrogen-bond donors (Lipinski definition) is 0. The van der Waals surface area contributed by atoms with Crippen molar-refractivity contribution in [2.24, 2.45) is 0 Å². The van der Waals surface area contributed by atoms with E-state index in [0.29, 0.717) is 24.4 Å². The molecule has 1 amide bonds. The quantitative estimate of drug-likeness (QED) is 0.472. The van der Waals surface area contributed by atoms with Gasteiger partial charge in [-0.2, -0.15) is 0 Å². The minimum Gasteiger partial charge on any atom is -0.485 e. The van der Waals surface area contributed by atoms with Crippen molar-refractivity contribution in [2.75, 3.05) is 20.2 Å². The lowest BCUT2D eigenvalue weighted by Crippen LogP contribution is -2.28. The highest BCUT2D eigenvalue weighted by molar-refractivity contribution is 5.97. The molecular weight excluding hydrogens is 366 g/mol. The number of ether oxygens (including phenoxy) is 2. The molecule has 0 aliphatic heterocycles. The van der Waals surface area contributed by atoms with E-state index in [4.69, 9.17) is 9.47 Å². The largest absolute Gasteiger partial charge is 0.485 e. The van der Waals surface area contributed by atoms with Gasteiger partial charge in [0, 0.05) is 19.2 Å². The fourth-order valence-electron chi connectivity index (χ4n) is 3.03. The first-order chi connectivity index (χ1) is 13.9. The maximum absolute atomic E-state index is 12.4. The van der Waals surface area contributed by atoms with Crippen molar-refractivity contribution in [3.8, 4) is 5.75 Å². The number of carbonyl (C=O) groups is 2. The molecule has 0 spiro atoms. The Hall–Kier alpha value is -3.08. The van der Waals surface area contributed by atoms with Crippen LogP contribution in [0.15, 0.2) is 54.6 Å². The van der Waals surface area contributed by atoms with Crippen LogP contribution < -0.4 is 4.74 Å². The minimum atomic E-state index is -0.481. The van der Waals surface area contributed by atoms with Gasteiger partial charge in [-0.05, 0) is 56.5 Å². The highest BCUT2D eigenvalue weighted by Gasteiger charge is 2.18. The summed E-state index contributed by atoms with van der Waals surface area (Å²) in [5.74, 6) is -0.0880. The zero-order valence-corrected chi connectivity index (χ0v) is 17.8. The molecule has 0 radical (unpaired) electrons. The third-order valence-corrected chi connectivity index (χ3v) is 4.83. The Morgan fingerprint density at radius 3 is 2.31 bits per heavy atom. The fourth-order valence-corrected chi connectivity index (χ4v) is 3.03. The lowest BCUT2D eigenvalue weighted by atomic mass is 10.0. The number of benzene rings is 2. The third-order valence-electron chi connectivity index (χ3n) is 4.83. The number of esters is 1. The Balaban J connectivity index is 2.34. The molecule has 2 rings (SSSR count). The number of carbonyl (C=O) groups excluding carboxylic acids is 2. The molecular formula is C24H29NO4. The first-order valence-electron chi connectivity index (χ1n) is 9.82. The molecule has 5 heteroatoms. The molecule has 0 aliphatic rings. The van der Waals surface area contributed by atoms with Crippen LogP contribution >= 0.6 is 0 Å². The minimum absolute atomic E-state index is 0.0508. The van der Waals surface area contributed by atoms with Crippen LogP contribution in [0.3, 0.4) is 0 Å². The molecule has 0 N–H and O–H groups in total. The van der Waals surface area contributed by atoms with Gasteiger partial charge in [-0.25, -0.2) is 4.79 Å². The smallest absolute Gasteiger partial charge is 0.341 e. The molecule has 5 nitrogen and oxygen atoms in total. The van der Waals surface area contributed by atoms with Crippen molar-refractivity contribution in [3.63, 3.8) is 0 Å². The van der Waals surface area contributed by atoms with E-state index in [1.165, 1.54) is 7.11 Å². The van der Waals surface area contributed by atoms with Crippen molar-refractivity contribution < 1.29 is 19.1 Å². The summed E-state index contributed by atoms with van der Waals surface area (Å²) in [5, 5.41) is 0. The predicted octanol–water partition coefficient (Wildman–Crippen LogP) is 4.88. The summed E-state index contributed by atoms with van der Waals surface area (Å²) in [5.41, 5.74) is 2.88. The van der Waals surface area contributed by atoms with Crippen LogP contribution in [-0.2, 0) is 9.53 Å². The van der Waals surface area contributed by atoms with Gasteiger partial charge in [0.15, 0.2) is 0 Å². The lowest BCUT2D eigenvalue weighted by Gasteiger charge is -2.19. The molecule has 1 unspecified atom stereocenters. The molecule has 0 aromatic heterocycles. The van der Waals surface area contributed by atoms with Gasteiger partial charge in [-0.1, -0.05) is 36.4 Å². The van der Waals surface area contributed by atoms with Crippen LogP contribution in [0.2, 0.25) is 0 Å². The van der Waals surface area contributed by atoms with Crippen LogP contribution in [0.25, 0.3) is 5.57 Å². The summed E-state index contributed by atoms with van der Waals surface area (Å²) in [6.07, 6.45) is 1.36. The number of rotatable bonds is 8. The van der Waals surface area contributed by atoms with Crippen molar-refractivity contribution in [2.45, 2.75) is 33.8 Å². The maximum Gasteiger partial charge on any atom is 0.341 e. The van der Waals surface area contributed by atoms with Crippen LogP contribution in [0.4, 0.5) is 0 Å². The van der Waals surface area contributed by atoms with E-state index in [1.807, 2.05) is 64.1 Å². The molecule has 154 valence electrons. The van der Waals surface area contributed by atoms with Crippen molar-refractivity contribution in [1.29, 1.82) is 0 Å². The fraction of sp³-hybridized carbons (Fsp3) is 0.333. The van der Waals surface area contributed by atoms with Gasteiger partial charge >= 0.3 is 5.97 Å². The van der Waals surface area contributed by atoms with Gasteiger partial charge in [0.1, 0.15) is 17.4 Å². The number of methoxy groups -OCH3 is 1. The predicted molar refractivity (Wildman–Crippen MR) is 115 cm³/mol. The normalized spacial score (nSPS) is 12.2. The van der Waals surface area contributed by atoms with Crippen LogP contribution in [0, 0.1) is 0 Å². The summed E-state index contributed by atoms with van der Waals surface area (Å²) >= 11 is 0. The van der Waals surface area contributed by atoms with Gasteiger partial charge in [-0.3, -0.25) is 4.79 Å². The molecule has 0 heterocycles. The zero-order chi connectivity index (χ0) is 21.4. The molecule has 0 bridgehead atoms. The first-order valence-corrected chi connectivity index (χ1v) is 9.82. The number of amides is 1. The molecule has 0 saturated heterocycles. The Morgan fingerprint density at radius 2 is 1.72 bits per heavy atom. The van der Waals surface area contributed by atoms with Gasteiger partial charge in [0.25, 0.3) is 0 Å². The van der Waals surface area contributed by atoms with Crippen LogP contribution in [0.5, 0.6) is 5.75 Å². The molecule has 0 saturated carbocycles. The van der Waals surface area contributed by atoms with Gasteiger partial charge in [-0.15, -0.1) is 0 Å². The molecule has 1 atom stereocenters. The van der Waals surface area contributed by atoms with E-state index in [0.717, 1.165) is 16.7 Å². The Bertz CT molecular complexity index is 870. The number of allylic oxidation sites excluding steroid dienone is 1. The van der Waals surface area contributed by atoms with E-state index in [2.05, 4.69) is 0 Å². The lowest BCUT2D eigenvalue weighted by molar-refractivity contribution is -0.125. The van der Waals surface area contributed by atoms with Crippen molar-refractivity contribution in [1.82, 2.24) is 4.90 Å². The molecule has 0 aliphatic carbocycles. The van der Waals surface area contributed by atoms with E-state index >= 15 is 0 Å². The van der Waals surface area contributed by atoms with Crippen LogP contribution in [0.1, 0.15) is 55.3 Å². The number of hydrogen-bond acceptors (Lipinski definition) is 4. The number of likely N-dealkylation sites (N-methyl/N-ethyl adjacent to an activating group) is 1. The van der Waals surface area contributed by atoms with Gasteiger partial charge in [0.2, 0.25) is 5.91 Å². The summed E-state index contributed by atoms with van der Waals surface area (Å²) in [6.45, 7) is 8.97. The first kappa shape index (κ1) is 22.2. The van der Waals surface area contributed by atoms with E-state index in [-0.39, 0.29) is 12.0 Å². The van der Waals surface area contributed by atoms with Gasteiger partial charge in [0.05, 0.1) is 7.11 Å². The molecule has 29 heavy (non-hydrogen) atoms. The van der Waals surface area contributed by atoms with Crippen molar-refractivity contribution >= 4 is 17.4 Å². The van der Waals surface area contributed by atoms with E-state index < -0.39 is 5.97 Å². The summed E-state index contributed by atoms with van der Waals surface area (Å²) in [4.78, 5) is 26.5. The average molecular weight is 395 g/mol. The standard InChI is InChI=1S/C24H29NO4/c1-6-25(7-2)23(26)15-17(3)20-13-14-22(21(16-20)24(27)28-5)29-18(4)19-11-9-8-10-12-19/h8-16,18H,6-7H2,1-5H3. The Kier molecular flexibility index (Phi) is 8.01. The monoisotopic (exact) mass is 395 g/mol. The summed E-state index contributed by atoms with van der Waals surface area (Å²) in [7, 11) is 1.34.